The Morgan fingerprint density at radius 3 is 1.93 bits per heavy atom. The smallest absolute Gasteiger partial charge is 0.303 e. The normalized spacial score (nSPS) is 8.36. The van der Waals surface area contributed by atoms with Gasteiger partial charge in [-0.25, -0.2) is 0 Å². The Labute approximate surface area is 85.8 Å². The van der Waals surface area contributed by atoms with Gasteiger partial charge in [0.15, 0.2) is 5.12 Å². The van der Waals surface area contributed by atoms with E-state index in [1.165, 1.54) is 0 Å². The minimum absolute atomic E-state index is 0.0123. The van der Waals surface area contributed by atoms with E-state index in [2.05, 4.69) is 28.0 Å². The average Bonchev–Trinajstić information content (AvgIpc) is 2.18. The highest BCUT2D eigenvalue weighted by Crippen LogP contribution is 1.92. The van der Waals surface area contributed by atoms with Crippen LogP contribution in [-0.4, -0.2) is 31.6 Å². The van der Waals surface area contributed by atoms with E-state index in [9.17, 15) is 9.59 Å². The van der Waals surface area contributed by atoms with Gasteiger partial charge in [0.25, 0.3) is 0 Å². The molecule has 1 aromatic rings. The number of hydrogen-bond acceptors (Lipinski definition) is 5. The Kier molecular flexibility index (Phi) is 7.24. The van der Waals surface area contributed by atoms with Gasteiger partial charge < -0.3 is 5.11 Å². The van der Waals surface area contributed by atoms with Crippen LogP contribution in [0.25, 0.3) is 0 Å². The lowest BCUT2D eigenvalue weighted by molar-refractivity contribution is -0.137. The molecule has 0 bridgehead atoms. The molecule has 0 radical (unpaired) electrons. The van der Waals surface area contributed by atoms with Crippen molar-refractivity contribution in [3.63, 3.8) is 0 Å². The van der Waals surface area contributed by atoms with Crippen molar-refractivity contribution in [3.8, 4) is 0 Å². The number of carboxylic acid groups (broad SMARTS) is 1. The summed E-state index contributed by atoms with van der Waals surface area (Å²) in [6, 6.07) is 1.72. The molecular weight excluding hydrogens is 206 g/mol. The van der Waals surface area contributed by atoms with E-state index >= 15 is 0 Å². The minimum atomic E-state index is -0.965. The first-order valence-corrected chi connectivity index (χ1v) is 4.09. The van der Waals surface area contributed by atoms with Gasteiger partial charge in [0.05, 0.1) is 18.8 Å². The zero-order chi connectivity index (χ0) is 10.8. The molecule has 0 amide bonds. The number of thiol groups is 1. The van der Waals surface area contributed by atoms with Crippen molar-refractivity contribution < 1.29 is 14.7 Å². The van der Waals surface area contributed by atoms with Gasteiger partial charge in [-0.1, -0.05) is 0 Å². The van der Waals surface area contributed by atoms with Crippen LogP contribution in [0.3, 0.4) is 0 Å². The van der Waals surface area contributed by atoms with E-state index in [4.69, 9.17) is 5.11 Å². The first kappa shape index (κ1) is 12.5. The Hall–Kier alpha value is -1.50. The fourth-order valence-electron chi connectivity index (χ4n) is 0.419. The lowest BCUT2D eigenvalue weighted by Crippen LogP contribution is -1.96. The molecule has 1 N–H and O–H groups in total. The number of aliphatic carboxylic acids is 1. The molecule has 7 heteroatoms. The first-order valence-electron chi connectivity index (χ1n) is 3.65. The van der Waals surface area contributed by atoms with Crippen LogP contribution in [0, 0.1) is 0 Å². The molecule has 1 heterocycles. The highest BCUT2D eigenvalue weighted by molar-refractivity contribution is 7.96. The molecule has 76 valence electrons. The summed E-state index contributed by atoms with van der Waals surface area (Å²) >= 11 is 3.37. The van der Waals surface area contributed by atoms with E-state index in [-0.39, 0.29) is 18.0 Å². The maximum Gasteiger partial charge on any atom is 0.303 e. The largest absolute Gasteiger partial charge is 0.481 e. The molecule has 0 spiro atoms. The third-order valence-electron chi connectivity index (χ3n) is 0.961. The SMILES string of the molecule is O=C(O)CCC(=O)S.c1cnnnc1. The van der Waals surface area contributed by atoms with Gasteiger partial charge in [0.2, 0.25) is 0 Å². The predicted molar refractivity (Wildman–Crippen MR) is 50.7 cm³/mol. The van der Waals surface area contributed by atoms with E-state index in [0.29, 0.717) is 0 Å². The Morgan fingerprint density at radius 2 is 1.79 bits per heavy atom. The van der Waals surface area contributed by atoms with Crippen LogP contribution in [0.5, 0.6) is 0 Å². The second kappa shape index (κ2) is 8.11. The molecule has 0 aromatic carbocycles. The number of aromatic nitrogens is 3. The van der Waals surface area contributed by atoms with Crippen LogP contribution < -0.4 is 0 Å². The van der Waals surface area contributed by atoms with Gasteiger partial charge in [-0.05, 0) is 11.3 Å². The molecule has 6 nitrogen and oxygen atoms in total. The lowest BCUT2D eigenvalue weighted by atomic mass is 10.3. The highest BCUT2D eigenvalue weighted by Gasteiger charge is 1.98. The fraction of sp³-hybridized carbons (Fsp3) is 0.286. The van der Waals surface area contributed by atoms with Crippen molar-refractivity contribution in [2.24, 2.45) is 0 Å². The fourth-order valence-corrected chi connectivity index (χ4v) is 0.531. The van der Waals surface area contributed by atoms with Gasteiger partial charge in [0.1, 0.15) is 0 Å². The molecule has 1 aromatic heterocycles. The summed E-state index contributed by atoms with van der Waals surface area (Å²) in [4.78, 5) is 19.7. The zero-order valence-electron chi connectivity index (χ0n) is 7.20. The molecule has 0 saturated carbocycles. The molecule has 0 fully saturated rings. The quantitative estimate of drug-likeness (QED) is 0.698. The maximum absolute atomic E-state index is 9.95. The first-order chi connectivity index (χ1) is 6.63. The summed E-state index contributed by atoms with van der Waals surface area (Å²) in [5, 5.41) is 17.7. The summed E-state index contributed by atoms with van der Waals surface area (Å²) in [6.07, 6.45) is 3.04. The van der Waals surface area contributed by atoms with Crippen molar-refractivity contribution in [2.75, 3.05) is 0 Å². The van der Waals surface area contributed by atoms with Crippen LogP contribution in [0.15, 0.2) is 18.5 Å². The Morgan fingerprint density at radius 1 is 1.21 bits per heavy atom. The van der Waals surface area contributed by atoms with Crippen molar-refractivity contribution in [1.29, 1.82) is 0 Å². The summed E-state index contributed by atoms with van der Waals surface area (Å²) in [7, 11) is 0. The zero-order valence-corrected chi connectivity index (χ0v) is 8.09. The predicted octanol–water partition coefficient (Wildman–Crippen LogP) is 0.179. The Balaban J connectivity index is 0.000000249. The van der Waals surface area contributed by atoms with E-state index in [0.717, 1.165) is 0 Å². The standard InChI is InChI=1S/C4H6O3S.C3H3N3/c5-3(6)1-2-4(7)8;1-2-4-6-5-3-1/h1-2H2,(H,5,6)(H,7,8);1-3H. The molecule has 1 rings (SSSR count). The molecular formula is C7H9N3O3S. The van der Waals surface area contributed by atoms with Crippen LogP contribution in [-0.2, 0) is 9.59 Å². The van der Waals surface area contributed by atoms with Crippen molar-refractivity contribution in [2.45, 2.75) is 12.8 Å². The van der Waals surface area contributed by atoms with Gasteiger partial charge in [-0.3, -0.25) is 9.59 Å². The van der Waals surface area contributed by atoms with Crippen LogP contribution in [0.1, 0.15) is 12.8 Å². The van der Waals surface area contributed by atoms with Gasteiger partial charge in [-0.15, -0.1) is 22.8 Å². The van der Waals surface area contributed by atoms with Gasteiger partial charge in [0, 0.05) is 6.42 Å². The average molecular weight is 215 g/mol. The molecule has 14 heavy (non-hydrogen) atoms. The van der Waals surface area contributed by atoms with Gasteiger partial charge in [-0.2, -0.15) is 0 Å². The van der Waals surface area contributed by atoms with Crippen molar-refractivity contribution in [3.05, 3.63) is 18.5 Å². The molecule has 0 unspecified atom stereocenters. The number of rotatable bonds is 3. The number of carbonyl (C=O) groups excluding carboxylic acids is 1. The number of carboxylic acids is 1. The van der Waals surface area contributed by atoms with Crippen LogP contribution in [0.4, 0.5) is 0 Å². The molecule has 0 aliphatic rings. The molecule has 0 aliphatic heterocycles. The third-order valence-corrected chi connectivity index (χ3v) is 1.19. The Bertz CT molecular complexity index is 240. The highest BCUT2D eigenvalue weighted by atomic mass is 32.1. The maximum atomic E-state index is 9.95. The number of hydrogen-bond donors (Lipinski definition) is 2. The van der Waals surface area contributed by atoms with Crippen molar-refractivity contribution >= 4 is 23.7 Å². The van der Waals surface area contributed by atoms with Crippen LogP contribution >= 0.6 is 12.6 Å². The van der Waals surface area contributed by atoms with Gasteiger partial charge >= 0.3 is 5.97 Å². The summed E-state index contributed by atoms with van der Waals surface area (Å²) in [6.45, 7) is 0. The van der Waals surface area contributed by atoms with E-state index in [1.54, 1.807) is 18.5 Å². The number of nitrogens with zero attached hydrogens (tertiary/aromatic N) is 3. The topological polar surface area (TPSA) is 93.0 Å². The monoisotopic (exact) mass is 215 g/mol. The summed E-state index contributed by atoms with van der Waals surface area (Å²) in [5.41, 5.74) is 0. The third kappa shape index (κ3) is 10.5. The molecule has 0 aliphatic carbocycles. The molecule has 0 atom stereocenters. The van der Waals surface area contributed by atoms with E-state index < -0.39 is 5.97 Å². The summed E-state index contributed by atoms with van der Waals surface area (Å²) in [5.74, 6) is -0.965. The number of carbonyl (C=O) groups is 2. The second-order valence-corrected chi connectivity index (χ2v) is 2.60. The van der Waals surface area contributed by atoms with Crippen molar-refractivity contribution in [1.82, 2.24) is 15.4 Å². The lowest BCUT2D eigenvalue weighted by Gasteiger charge is -1.85. The molecule has 0 saturated heterocycles. The second-order valence-electron chi connectivity index (χ2n) is 2.10. The van der Waals surface area contributed by atoms with E-state index in [1.807, 2.05) is 0 Å². The van der Waals surface area contributed by atoms with Crippen LogP contribution in [0.2, 0.25) is 0 Å². The summed E-state index contributed by atoms with van der Waals surface area (Å²) < 4.78 is 0. The minimum Gasteiger partial charge on any atom is -0.481 e.